The Hall–Kier alpha value is -3.20. The van der Waals surface area contributed by atoms with Crippen molar-refractivity contribution in [3.8, 4) is 11.5 Å². The number of carbonyl (C=O) groups is 3. The van der Waals surface area contributed by atoms with E-state index in [9.17, 15) is 14.4 Å². The van der Waals surface area contributed by atoms with E-state index < -0.39 is 24.4 Å². The Bertz CT molecular complexity index is 941. The van der Waals surface area contributed by atoms with Gasteiger partial charge in [0.2, 0.25) is 5.91 Å². The van der Waals surface area contributed by atoms with Crippen molar-refractivity contribution in [2.75, 3.05) is 43.8 Å². The predicted molar refractivity (Wildman–Crippen MR) is 118 cm³/mol. The summed E-state index contributed by atoms with van der Waals surface area (Å²) in [6.45, 7) is -0.226. The number of carbonyl (C=O) groups excluding carboxylic acids is 3. The zero-order valence-corrected chi connectivity index (χ0v) is 18.4. The first-order chi connectivity index (χ1) is 14.9. The zero-order valence-electron chi connectivity index (χ0n) is 17.5. The number of nitrogens with one attached hydrogen (secondary N) is 1. The first kappa shape index (κ1) is 22.5. The second-order valence-corrected chi connectivity index (χ2v) is 7.74. The van der Waals surface area contributed by atoms with Crippen LogP contribution in [0.3, 0.4) is 0 Å². The molecule has 0 saturated carbocycles. The molecule has 0 spiro atoms. The second-order valence-electron chi connectivity index (χ2n) is 6.86. The standard InChI is InChI=1S/C22H24N2O6S/c1-28-17-9-15(10-18(11-17)29-2)23-20(25)13-30-22(27)14-8-21(26)24(12-14)16-4-6-19(31-3)7-5-16/h4-7,9-11,14H,8,12-13H2,1-3H3,(H,23,25). The lowest BCUT2D eigenvalue weighted by atomic mass is 10.1. The number of hydrogen-bond acceptors (Lipinski definition) is 7. The molecule has 0 radical (unpaired) electrons. The molecule has 2 aromatic carbocycles. The van der Waals surface area contributed by atoms with E-state index in [1.807, 2.05) is 30.5 Å². The molecule has 9 heteroatoms. The monoisotopic (exact) mass is 444 g/mol. The number of rotatable bonds is 8. The van der Waals surface area contributed by atoms with Gasteiger partial charge >= 0.3 is 5.97 Å². The SMILES string of the molecule is COc1cc(NC(=O)COC(=O)C2CC(=O)N(c3ccc(SC)cc3)C2)cc(OC)c1. The molecule has 8 nitrogen and oxygen atoms in total. The molecule has 1 unspecified atom stereocenters. The Balaban J connectivity index is 1.53. The maximum absolute atomic E-state index is 12.4. The van der Waals surface area contributed by atoms with Crippen molar-refractivity contribution >= 4 is 40.9 Å². The molecule has 1 N–H and O–H groups in total. The molecular weight excluding hydrogens is 420 g/mol. The van der Waals surface area contributed by atoms with Crippen LogP contribution < -0.4 is 19.7 Å². The molecule has 1 atom stereocenters. The summed E-state index contributed by atoms with van der Waals surface area (Å²) in [4.78, 5) is 39.6. The van der Waals surface area contributed by atoms with Gasteiger partial charge in [-0.05, 0) is 30.5 Å². The lowest BCUT2D eigenvalue weighted by Crippen LogP contribution is -2.28. The number of benzene rings is 2. The summed E-state index contributed by atoms with van der Waals surface area (Å²) in [6.07, 6.45) is 2.03. The minimum atomic E-state index is -0.613. The van der Waals surface area contributed by atoms with Crippen LogP contribution in [0.5, 0.6) is 11.5 Å². The van der Waals surface area contributed by atoms with E-state index in [0.717, 1.165) is 10.6 Å². The summed E-state index contributed by atoms with van der Waals surface area (Å²) in [5, 5.41) is 2.64. The van der Waals surface area contributed by atoms with E-state index in [1.54, 1.807) is 34.9 Å². The summed E-state index contributed by atoms with van der Waals surface area (Å²) >= 11 is 1.61. The molecule has 3 rings (SSSR count). The lowest BCUT2D eigenvalue weighted by Gasteiger charge is -2.17. The highest BCUT2D eigenvalue weighted by molar-refractivity contribution is 7.98. The fraction of sp³-hybridized carbons (Fsp3) is 0.318. The first-order valence-electron chi connectivity index (χ1n) is 9.57. The number of ether oxygens (including phenoxy) is 3. The molecule has 1 aliphatic rings. The number of thioether (sulfide) groups is 1. The molecular formula is C22H24N2O6S. The Morgan fingerprint density at radius 2 is 1.74 bits per heavy atom. The summed E-state index contributed by atoms with van der Waals surface area (Å²) in [7, 11) is 3.01. The van der Waals surface area contributed by atoms with Crippen LogP contribution in [0.1, 0.15) is 6.42 Å². The second kappa shape index (κ2) is 10.2. The van der Waals surface area contributed by atoms with Gasteiger partial charge in [0, 0.05) is 47.4 Å². The van der Waals surface area contributed by atoms with Gasteiger partial charge in [0.1, 0.15) is 11.5 Å². The summed E-state index contributed by atoms with van der Waals surface area (Å²) in [5.41, 5.74) is 1.19. The van der Waals surface area contributed by atoms with Gasteiger partial charge < -0.3 is 24.4 Å². The molecule has 1 heterocycles. The summed E-state index contributed by atoms with van der Waals surface area (Å²) < 4.78 is 15.5. The van der Waals surface area contributed by atoms with E-state index in [2.05, 4.69) is 5.32 Å². The maximum atomic E-state index is 12.4. The molecule has 0 bridgehead atoms. The normalized spacial score (nSPS) is 15.5. The third kappa shape index (κ3) is 5.69. The maximum Gasteiger partial charge on any atom is 0.311 e. The van der Waals surface area contributed by atoms with Crippen molar-refractivity contribution in [2.45, 2.75) is 11.3 Å². The molecule has 31 heavy (non-hydrogen) atoms. The van der Waals surface area contributed by atoms with E-state index in [-0.39, 0.29) is 18.9 Å². The van der Waals surface area contributed by atoms with Crippen LogP contribution in [-0.4, -0.2) is 51.4 Å². The predicted octanol–water partition coefficient (Wildman–Crippen LogP) is 2.96. The highest BCUT2D eigenvalue weighted by Gasteiger charge is 2.36. The van der Waals surface area contributed by atoms with Crippen molar-refractivity contribution in [3.05, 3.63) is 42.5 Å². The number of methoxy groups -OCH3 is 2. The number of anilines is 2. The van der Waals surface area contributed by atoms with Gasteiger partial charge in [-0.3, -0.25) is 14.4 Å². The van der Waals surface area contributed by atoms with Gasteiger partial charge in [-0.15, -0.1) is 11.8 Å². The molecule has 164 valence electrons. The van der Waals surface area contributed by atoms with Gasteiger partial charge in [-0.2, -0.15) is 0 Å². The Kier molecular flexibility index (Phi) is 7.41. The van der Waals surface area contributed by atoms with Crippen LogP contribution in [0.2, 0.25) is 0 Å². The van der Waals surface area contributed by atoms with Gasteiger partial charge in [0.15, 0.2) is 6.61 Å². The van der Waals surface area contributed by atoms with E-state index in [4.69, 9.17) is 14.2 Å². The van der Waals surface area contributed by atoms with E-state index >= 15 is 0 Å². The lowest BCUT2D eigenvalue weighted by molar-refractivity contribution is -0.151. The van der Waals surface area contributed by atoms with Crippen molar-refractivity contribution in [1.29, 1.82) is 0 Å². The number of nitrogens with zero attached hydrogens (tertiary/aromatic N) is 1. The molecule has 0 aromatic heterocycles. The minimum absolute atomic E-state index is 0.0534. The topological polar surface area (TPSA) is 94.2 Å². The first-order valence-corrected chi connectivity index (χ1v) is 10.8. The molecule has 1 aliphatic heterocycles. The quantitative estimate of drug-likeness (QED) is 0.494. The fourth-order valence-corrected chi connectivity index (χ4v) is 3.62. The molecule has 1 fully saturated rings. The van der Waals surface area contributed by atoms with Crippen molar-refractivity contribution in [2.24, 2.45) is 5.92 Å². The molecule has 1 saturated heterocycles. The molecule has 0 aliphatic carbocycles. The van der Waals surface area contributed by atoms with Crippen LogP contribution >= 0.6 is 11.8 Å². The third-order valence-electron chi connectivity index (χ3n) is 4.82. The number of hydrogen-bond donors (Lipinski definition) is 1. The van der Waals surface area contributed by atoms with E-state index in [0.29, 0.717) is 17.2 Å². The highest BCUT2D eigenvalue weighted by Crippen LogP contribution is 2.28. The largest absolute Gasteiger partial charge is 0.497 e. The van der Waals surface area contributed by atoms with Crippen molar-refractivity contribution in [1.82, 2.24) is 0 Å². The van der Waals surface area contributed by atoms with Crippen molar-refractivity contribution in [3.63, 3.8) is 0 Å². The Morgan fingerprint density at radius 3 is 2.32 bits per heavy atom. The third-order valence-corrected chi connectivity index (χ3v) is 5.57. The Morgan fingerprint density at radius 1 is 1.10 bits per heavy atom. The zero-order chi connectivity index (χ0) is 22.4. The van der Waals surface area contributed by atoms with Gasteiger partial charge in [0.25, 0.3) is 5.91 Å². The number of amides is 2. The number of esters is 1. The highest BCUT2D eigenvalue weighted by atomic mass is 32.2. The van der Waals surface area contributed by atoms with Gasteiger partial charge in [-0.25, -0.2) is 0 Å². The average molecular weight is 445 g/mol. The smallest absolute Gasteiger partial charge is 0.311 e. The van der Waals surface area contributed by atoms with E-state index in [1.165, 1.54) is 14.2 Å². The fourth-order valence-electron chi connectivity index (χ4n) is 3.21. The van der Waals surface area contributed by atoms with Crippen LogP contribution in [0.15, 0.2) is 47.4 Å². The average Bonchev–Trinajstić information content (AvgIpc) is 3.18. The van der Waals surface area contributed by atoms with Crippen LogP contribution in [0, 0.1) is 5.92 Å². The summed E-state index contributed by atoms with van der Waals surface area (Å²) in [5.74, 6) is -0.805. The van der Waals surface area contributed by atoms with Crippen LogP contribution in [0.4, 0.5) is 11.4 Å². The molecule has 2 amide bonds. The van der Waals surface area contributed by atoms with Gasteiger partial charge in [0.05, 0.1) is 20.1 Å². The minimum Gasteiger partial charge on any atom is -0.497 e. The molecule has 2 aromatic rings. The van der Waals surface area contributed by atoms with Crippen LogP contribution in [-0.2, 0) is 19.1 Å². The van der Waals surface area contributed by atoms with Gasteiger partial charge in [-0.1, -0.05) is 0 Å². The Labute approximate surface area is 184 Å². The van der Waals surface area contributed by atoms with Crippen molar-refractivity contribution < 1.29 is 28.6 Å². The van der Waals surface area contributed by atoms with Crippen LogP contribution in [0.25, 0.3) is 0 Å². The summed E-state index contributed by atoms with van der Waals surface area (Å²) in [6, 6.07) is 12.5.